The molecule has 0 aromatic heterocycles. The Morgan fingerprint density at radius 1 is 1.62 bits per heavy atom. The van der Waals surface area contributed by atoms with Crippen molar-refractivity contribution in [1.29, 1.82) is 0 Å². The molecule has 4 nitrogen and oxygen atoms in total. The van der Waals surface area contributed by atoms with E-state index >= 15 is 0 Å². The fraction of sp³-hybridized carbons (Fsp3) is 0.250. The molecule has 70 valence electrons. The van der Waals surface area contributed by atoms with Gasteiger partial charge >= 0.3 is 0 Å². The number of halogens is 1. The third-order valence-electron chi connectivity index (χ3n) is 1.67. The monoisotopic (exact) mass is 201 g/mol. The second kappa shape index (κ2) is 3.72. The molecule has 0 saturated carbocycles. The summed E-state index contributed by atoms with van der Waals surface area (Å²) in [6.07, 6.45) is 0. The zero-order valence-electron chi connectivity index (χ0n) is 6.95. The van der Waals surface area contributed by atoms with Gasteiger partial charge < -0.3 is 5.11 Å². The predicted molar refractivity (Wildman–Crippen MR) is 48.8 cm³/mol. The van der Waals surface area contributed by atoms with Gasteiger partial charge in [0.2, 0.25) is 0 Å². The van der Waals surface area contributed by atoms with Gasteiger partial charge in [-0.2, -0.15) is 0 Å². The van der Waals surface area contributed by atoms with Crippen LogP contribution in [-0.2, 0) is 6.61 Å². The molecule has 0 aliphatic carbocycles. The van der Waals surface area contributed by atoms with E-state index in [1.165, 1.54) is 6.07 Å². The highest BCUT2D eigenvalue weighted by Gasteiger charge is 2.15. The van der Waals surface area contributed by atoms with Crippen LogP contribution in [0.3, 0.4) is 0 Å². The second-order valence-electron chi connectivity index (χ2n) is 2.66. The van der Waals surface area contributed by atoms with Gasteiger partial charge in [-0.05, 0) is 18.1 Å². The number of aliphatic hydroxyl groups excluding tert-OH is 1. The van der Waals surface area contributed by atoms with Gasteiger partial charge in [0.05, 0.1) is 11.5 Å². The van der Waals surface area contributed by atoms with E-state index in [9.17, 15) is 10.1 Å². The molecule has 13 heavy (non-hydrogen) atoms. The van der Waals surface area contributed by atoms with E-state index in [-0.39, 0.29) is 17.3 Å². The standard InChI is InChI=1S/C8H8ClNO3/c1-5-2-6(4-11)3-7(8(5)9)10(12)13/h2-3,11H,4H2,1H3. The van der Waals surface area contributed by atoms with Gasteiger partial charge in [0, 0.05) is 6.07 Å². The van der Waals surface area contributed by atoms with Gasteiger partial charge in [-0.25, -0.2) is 0 Å². The highest BCUT2D eigenvalue weighted by Crippen LogP contribution is 2.28. The van der Waals surface area contributed by atoms with Crippen molar-refractivity contribution >= 4 is 17.3 Å². The zero-order valence-corrected chi connectivity index (χ0v) is 7.71. The number of nitro groups is 1. The molecule has 0 amide bonds. The number of aryl methyl sites for hydroxylation is 1. The maximum atomic E-state index is 10.5. The maximum absolute atomic E-state index is 10.5. The minimum atomic E-state index is -0.561. The molecule has 0 radical (unpaired) electrons. The van der Waals surface area contributed by atoms with Crippen LogP contribution in [0.2, 0.25) is 5.02 Å². The Balaban J connectivity index is 3.33. The molecular formula is C8H8ClNO3. The summed E-state index contributed by atoms with van der Waals surface area (Å²) in [5, 5.41) is 19.4. The number of aliphatic hydroxyl groups is 1. The van der Waals surface area contributed by atoms with Crippen LogP contribution in [-0.4, -0.2) is 10.0 Å². The normalized spacial score (nSPS) is 10.1. The van der Waals surface area contributed by atoms with Gasteiger partial charge in [-0.15, -0.1) is 0 Å². The van der Waals surface area contributed by atoms with Crippen molar-refractivity contribution in [3.63, 3.8) is 0 Å². The Bertz CT molecular complexity index is 351. The van der Waals surface area contributed by atoms with Crippen LogP contribution in [0.4, 0.5) is 5.69 Å². The molecule has 0 atom stereocenters. The average Bonchev–Trinajstić information content (AvgIpc) is 2.09. The Morgan fingerprint density at radius 2 is 2.23 bits per heavy atom. The van der Waals surface area contributed by atoms with E-state index in [0.29, 0.717) is 11.1 Å². The molecule has 0 bridgehead atoms. The smallest absolute Gasteiger partial charge is 0.288 e. The van der Waals surface area contributed by atoms with Crippen molar-refractivity contribution in [2.45, 2.75) is 13.5 Å². The molecule has 0 aliphatic rings. The number of benzene rings is 1. The molecular weight excluding hydrogens is 194 g/mol. The summed E-state index contributed by atoms with van der Waals surface area (Å²) in [6, 6.07) is 2.89. The summed E-state index contributed by atoms with van der Waals surface area (Å²) < 4.78 is 0. The van der Waals surface area contributed by atoms with Crippen molar-refractivity contribution in [3.8, 4) is 0 Å². The minimum absolute atomic E-state index is 0.127. The van der Waals surface area contributed by atoms with Gasteiger partial charge in [0.1, 0.15) is 5.02 Å². The lowest BCUT2D eigenvalue weighted by atomic mass is 10.1. The Morgan fingerprint density at radius 3 is 2.69 bits per heavy atom. The number of nitro benzene ring substituents is 1. The molecule has 1 rings (SSSR count). The van der Waals surface area contributed by atoms with E-state index in [4.69, 9.17) is 16.7 Å². The van der Waals surface area contributed by atoms with Crippen molar-refractivity contribution in [3.05, 3.63) is 38.4 Å². The molecule has 1 aromatic carbocycles. The fourth-order valence-corrected chi connectivity index (χ4v) is 1.23. The highest BCUT2D eigenvalue weighted by molar-refractivity contribution is 6.33. The van der Waals surface area contributed by atoms with Crippen LogP contribution in [0.15, 0.2) is 12.1 Å². The van der Waals surface area contributed by atoms with Gasteiger partial charge in [0.15, 0.2) is 0 Å². The molecule has 0 unspecified atom stereocenters. The molecule has 5 heteroatoms. The van der Waals surface area contributed by atoms with E-state index < -0.39 is 4.92 Å². The number of rotatable bonds is 2. The molecule has 0 heterocycles. The summed E-state index contributed by atoms with van der Waals surface area (Å²) in [5.74, 6) is 0. The lowest BCUT2D eigenvalue weighted by Crippen LogP contribution is -1.94. The molecule has 0 saturated heterocycles. The predicted octanol–water partition coefficient (Wildman–Crippen LogP) is 2.05. The quantitative estimate of drug-likeness (QED) is 0.588. The Labute approximate surface area is 79.9 Å². The highest BCUT2D eigenvalue weighted by atomic mass is 35.5. The van der Waals surface area contributed by atoms with Gasteiger partial charge in [0.25, 0.3) is 5.69 Å². The topological polar surface area (TPSA) is 63.4 Å². The summed E-state index contributed by atoms with van der Waals surface area (Å²) in [5.41, 5.74) is 0.930. The van der Waals surface area contributed by atoms with Gasteiger partial charge in [-0.3, -0.25) is 10.1 Å². The lowest BCUT2D eigenvalue weighted by Gasteiger charge is -2.02. The zero-order chi connectivity index (χ0) is 10.0. The fourth-order valence-electron chi connectivity index (χ4n) is 1.05. The van der Waals surface area contributed by atoms with E-state index in [2.05, 4.69) is 0 Å². The third kappa shape index (κ3) is 1.96. The SMILES string of the molecule is Cc1cc(CO)cc([N+](=O)[O-])c1Cl. The summed E-state index contributed by atoms with van der Waals surface area (Å²) in [4.78, 5) is 9.92. The lowest BCUT2D eigenvalue weighted by molar-refractivity contribution is -0.384. The largest absolute Gasteiger partial charge is 0.392 e. The maximum Gasteiger partial charge on any atom is 0.288 e. The first-order valence-electron chi connectivity index (χ1n) is 3.60. The summed E-state index contributed by atoms with van der Waals surface area (Å²) >= 11 is 5.69. The van der Waals surface area contributed by atoms with Crippen molar-refractivity contribution < 1.29 is 10.0 Å². The van der Waals surface area contributed by atoms with E-state index in [0.717, 1.165) is 0 Å². The van der Waals surface area contributed by atoms with Gasteiger partial charge in [-0.1, -0.05) is 17.7 Å². The molecule has 1 N–H and O–H groups in total. The van der Waals surface area contributed by atoms with Crippen LogP contribution < -0.4 is 0 Å². The second-order valence-corrected chi connectivity index (χ2v) is 3.04. The van der Waals surface area contributed by atoms with Crippen molar-refractivity contribution in [1.82, 2.24) is 0 Å². The first kappa shape index (κ1) is 9.95. The van der Waals surface area contributed by atoms with Crippen LogP contribution >= 0.6 is 11.6 Å². The number of hydrogen-bond acceptors (Lipinski definition) is 3. The number of nitrogens with zero attached hydrogens (tertiary/aromatic N) is 1. The third-order valence-corrected chi connectivity index (χ3v) is 2.17. The summed E-state index contributed by atoms with van der Waals surface area (Å²) in [6.45, 7) is 1.44. The van der Waals surface area contributed by atoms with Crippen molar-refractivity contribution in [2.75, 3.05) is 0 Å². The molecule has 0 spiro atoms. The Hall–Kier alpha value is -1.13. The average molecular weight is 202 g/mol. The molecule has 0 aliphatic heterocycles. The first-order valence-corrected chi connectivity index (χ1v) is 3.98. The number of hydrogen-bond donors (Lipinski definition) is 1. The van der Waals surface area contributed by atoms with Crippen LogP contribution in [0.25, 0.3) is 0 Å². The van der Waals surface area contributed by atoms with Crippen LogP contribution in [0, 0.1) is 17.0 Å². The van der Waals surface area contributed by atoms with Crippen LogP contribution in [0.5, 0.6) is 0 Å². The van der Waals surface area contributed by atoms with Crippen molar-refractivity contribution in [2.24, 2.45) is 0 Å². The Kier molecular flexibility index (Phi) is 2.85. The first-order chi connectivity index (χ1) is 6.06. The molecule has 0 fully saturated rings. The minimum Gasteiger partial charge on any atom is -0.392 e. The summed E-state index contributed by atoms with van der Waals surface area (Å²) in [7, 11) is 0. The molecule has 1 aromatic rings. The van der Waals surface area contributed by atoms with Crippen LogP contribution in [0.1, 0.15) is 11.1 Å². The van der Waals surface area contributed by atoms with E-state index in [1.807, 2.05) is 0 Å². The van der Waals surface area contributed by atoms with E-state index in [1.54, 1.807) is 13.0 Å².